The molecule has 0 saturated carbocycles. The van der Waals surface area contributed by atoms with Gasteiger partial charge in [0.1, 0.15) is 17.0 Å². The number of hydrogen-bond acceptors (Lipinski definition) is 5. The number of nitrogens with one attached hydrogen (secondary N) is 2. The lowest BCUT2D eigenvalue weighted by Gasteiger charge is -2.00. The molecule has 8 nitrogen and oxygen atoms in total. The van der Waals surface area contributed by atoms with E-state index >= 15 is 0 Å². The molecule has 0 aliphatic heterocycles. The van der Waals surface area contributed by atoms with Crippen molar-refractivity contribution in [3.05, 3.63) is 68.9 Å². The Labute approximate surface area is 152 Å². The first-order chi connectivity index (χ1) is 13.1. The van der Waals surface area contributed by atoms with Gasteiger partial charge in [0.05, 0.1) is 31.5 Å². The van der Waals surface area contributed by atoms with Gasteiger partial charge in [-0.1, -0.05) is 0 Å². The molecule has 136 valence electrons. The van der Waals surface area contributed by atoms with Crippen molar-refractivity contribution in [1.29, 1.82) is 0 Å². The van der Waals surface area contributed by atoms with E-state index in [1.165, 1.54) is 6.21 Å². The van der Waals surface area contributed by atoms with Gasteiger partial charge < -0.3 is 19.4 Å². The number of hydrogen-bond donors (Lipinski definition) is 2. The Kier molecular flexibility index (Phi) is 4.00. The van der Waals surface area contributed by atoms with E-state index in [1.54, 1.807) is 56.7 Å². The highest BCUT2D eigenvalue weighted by Crippen LogP contribution is 2.24. The fourth-order valence-electron chi connectivity index (χ4n) is 2.87. The number of rotatable bonds is 4. The van der Waals surface area contributed by atoms with Gasteiger partial charge in [-0.3, -0.25) is 4.79 Å². The van der Waals surface area contributed by atoms with Crippen LogP contribution in [0.3, 0.4) is 0 Å². The summed E-state index contributed by atoms with van der Waals surface area (Å²) in [6, 6.07) is 12.4. The van der Waals surface area contributed by atoms with Crippen LogP contribution in [0, 0.1) is 0 Å². The molecule has 4 aromatic rings. The molecule has 27 heavy (non-hydrogen) atoms. The predicted octanol–water partition coefficient (Wildman–Crippen LogP) is 2.07. The van der Waals surface area contributed by atoms with Gasteiger partial charge in [-0.25, -0.2) is 4.79 Å². The number of methoxy groups -OCH3 is 2. The molecule has 0 amide bonds. The van der Waals surface area contributed by atoms with Gasteiger partial charge in [0.15, 0.2) is 0 Å². The summed E-state index contributed by atoms with van der Waals surface area (Å²) in [7, 11) is 3.14. The topological polar surface area (TPSA) is 101 Å². The smallest absolute Gasteiger partial charge is 0.350 e. The predicted molar refractivity (Wildman–Crippen MR) is 103 cm³/mol. The van der Waals surface area contributed by atoms with Crippen molar-refractivity contribution < 1.29 is 9.47 Å². The van der Waals surface area contributed by atoms with Gasteiger partial charge in [0, 0.05) is 11.5 Å². The first-order valence-corrected chi connectivity index (χ1v) is 8.14. The monoisotopic (exact) mass is 364 g/mol. The molecule has 0 bridgehead atoms. The zero-order valence-electron chi connectivity index (χ0n) is 14.6. The highest BCUT2D eigenvalue weighted by Gasteiger charge is 2.13. The van der Waals surface area contributed by atoms with Gasteiger partial charge in [-0.05, 0) is 42.0 Å². The Morgan fingerprint density at radius 2 is 1.63 bits per heavy atom. The van der Waals surface area contributed by atoms with Crippen molar-refractivity contribution >= 4 is 28.2 Å². The highest BCUT2D eigenvalue weighted by molar-refractivity contribution is 6.04. The molecule has 8 heteroatoms. The molecular weight excluding hydrogens is 348 g/mol. The average Bonchev–Trinajstić information content (AvgIpc) is 3.06. The molecule has 0 aliphatic carbocycles. The number of benzene rings is 2. The van der Waals surface area contributed by atoms with E-state index < -0.39 is 11.2 Å². The average molecular weight is 364 g/mol. The number of aromatic amines is 2. The molecule has 0 radical (unpaired) electrons. The summed E-state index contributed by atoms with van der Waals surface area (Å²) >= 11 is 0. The summed E-state index contributed by atoms with van der Waals surface area (Å²) in [4.78, 5) is 30.9. The van der Waals surface area contributed by atoms with Crippen molar-refractivity contribution in [2.75, 3.05) is 14.2 Å². The van der Waals surface area contributed by atoms with E-state index in [0.717, 1.165) is 15.6 Å². The Morgan fingerprint density at radius 3 is 2.33 bits per heavy atom. The third kappa shape index (κ3) is 2.86. The van der Waals surface area contributed by atoms with Crippen LogP contribution in [0.2, 0.25) is 0 Å². The lowest BCUT2D eigenvalue weighted by Crippen LogP contribution is -2.32. The highest BCUT2D eigenvalue weighted by atomic mass is 16.5. The summed E-state index contributed by atoms with van der Waals surface area (Å²) in [5.74, 6) is 1.35. The number of H-pyrrole nitrogens is 2. The molecule has 0 spiro atoms. The van der Waals surface area contributed by atoms with Crippen LogP contribution in [0.1, 0.15) is 5.56 Å². The molecule has 2 N–H and O–H groups in total. The van der Waals surface area contributed by atoms with E-state index in [9.17, 15) is 9.59 Å². The zero-order chi connectivity index (χ0) is 19.0. The third-order valence-electron chi connectivity index (χ3n) is 4.27. The molecule has 0 aliphatic rings. The van der Waals surface area contributed by atoms with Gasteiger partial charge in [-0.2, -0.15) is 5.10 Å². The van der Waals surface area contributed by atoms with Crippen LogP contribution in [-0.2, 0) is 0 Å². The maximum Gasteiger partial charge on any atom is 0.350 e. The largest absolute Gasteiger partial charge is 0.497 e. The van der Waals surface area contributed by atoms with E-state index in [0.29, 0.717) is 22.5 Å². The summed E-state index contributed by atoms with van der Waals surface area (Å²) in [6.45, 7) is 0. The van der Waals surface area contributed by atoms with Gasteiger partial charge in [0.25, 0.3) is 0 Å². The Bertz CT molecular complexity index is 1280. The van der Waals surface area contributed by atoms with Crippen molar-refractivity contribution in [2.45, 2.75) is 0 Å². The van der Waals surface area contributed by atoms with Crippen LogP contribution in [0.5, 0.6) is 11.5 Å². The van der Waals surface area contributed by atoms with Crippen LogP contribution in [0.4, 0.5) is 0 Å². The van der Waals surface area contributed by atoms with E-state index in [4.69, 9.17) is 9.47 Å². The second-order valence-corrected chi connectivity index (χ2v) is 5.85. The Hall–Kier alpha value is -3.81. The summed E-state index contributed by atoms with van der Waals surface area (Å²) in [6.07, 6.45) is 1.44. The van der Waals surface area contributed by atoms with E-state index in [-0.39, 0.29) is 5.52 Å². The van der Waals surface area contributed by atoms with E-state index in [2.05, 4.69) is 15.1 Å². The first kappa shape index (κ1) is 16.6. The molecule has 0 unspecified atom stereocenters. The molecule has 2 aromatic heterocycles. The van der Waals surface area contributed by atoms with Crippen LogP contribution in [-0.4, -0.2) is 35.1 Å². The Balaban J connectivity index is 1.83. The minimum absolute atomic E-state index is 0.268. The standard InChI is InChI=1S/C19H16N4O4/c1-26-12-5-3-11(4-6-12)10-20-23-18(24)17-16(22-19(23)25)14-8-7-13(27-2)9-15(14)21-17/h3-10,21H,1-2H3,(H,22,25)/b20-10+. The van der Waals surface area contributed by atoms with Gasteiger partial charge in [0.2, 0.25) is 0 Å². The zero-order valence-corrected chi connectivity index (χ0v) is 14.6. The first-order valence-electron chi connectivity index (χ1n) is 8.14. The minimum Gasteiger partial charge on any atom is -0.497 e. The normalized spacial score (nSPS) is 11.5. The molecule has 2 aromatic carbocycles. The molecule has 0 fully saturated rings. The van der Waals surface area contributed by atoms with Crippen LogP contribution in [0.15, 0.2) is 57.2 Å². The summed E-state index contributed by atoms with van der Waals surface area (Å²) < 4.78 is 11.1. The van der Waals surface area contributed by atoms with Crippen molar-refractivity contribution in [2.24, 2.45) is 5.10 Å². The number of aromatic nitrogens is 3. The maximum atomic E-state index is 12.7. The van der Waals surface area contributed by atoms with Crippen molar-refractivity contribution in [3.8, 4) is 11.5 Å². The summed E-state index contributed by atoms with van der Waals surface area (Å²) in [5.41, 5.74) is 0.975. The van der Waals surface area contributed by atoms with Crippen LogP contribution >= 0.6 is 0 Å². The second kappa shape index (κ2) is 6.49. The quantitative estimate of drug-likeness (QED) is 0.541. The third-order valence-corrected chi connectivity index (χ3v) is 4.27. The van der Waals surface area contributed by atoms with Crippen LogP contribution < -0.4 is 20.7 Å². The van der Waals surface area contributed by atoms with Gasteiger partial charge >= 0.3 is 11.2 Å². The number of fused-ring (bicyclic) bond motifs is 3. The van der Waals surface area contributed by atoms with Crippen molar-refractivity contribution in [1.82, 2.24) is 14.6 Å². The van der Waals surface area contributed by atoms with Gasteiger partial charge in [-0.15, -0.1) is 4.68 Å². The van der Waals surface area contributed by atoms with E-state index in [1.807, 2.05) is 0 Å². The molecule has 4 rings (SSSR count). The molecule has 0 atom stereocenters. The number of ether oxygens (including phenoxy) is 2. The second-order valence-electron chi connectivity index (χ2n) is 5.85. The lowest BCUT2D eigenvalue weighted by atomic mass is 10.2. The molecule has 0 saturated heterocycles. The lowest BCUT2D eigenvalue weighted by molar-refractivity contribution is 0.415. The fraction of sp³-hybridized carbons (Fsp3) is 0.105. The number of nitrogens with zero attached hydrogens (tertiary/aromatic N) is 2. The molecular formula is C19H16N4O4. The van der Waals surface area contributed by atoms with Crippen molar-refractivity contribution in [3.63, 3.8) is 0 Å². The maximum absolute atomic E-state index is 12.7. The fourth-order valence-corrected chi connectivity index (χ4v) is 2.87. The Morgan fingerprint density at radius 1 is 0.926 bits per heavy atom. The minimum atomic E-state index is -0.617. The molecule has 2 heterocycles. The van der Waals surface area contributed by atoms with Crippen LogP contribution in [0.25, 0.3) is 21.9 Å². The summed E-state index contributed by atoms with van der Waals surface area (Å²) in [5, 5.41) is 4.76. The SMILES string of the molecule is COc1ccc(/C=N/n2c(=O)[nH]c3c([nH]c4cc(OC)ccc43)c2=O)cc1.